The Hall–Kier alpha value is -1.36. The van der Waals surface area contributed by atoms with Gasteiger partial charge < -0.3 is 14.8 Å². The molecule has 1 aliphatic heterocycles. The lowest BCUT2D eigenvalue weighted by Gasteiger charge is -2.26. The van der Waals surface area contributed by atoms with Gasteiger partial charge in [0.15, 0.2) is 5.69 Å². The van der Waals surface area contributed by atoms with E-state index in [0.29, 0.717) is 18.0 Å². The van der Waals surface area contributed by atoms with Gasteiger partial charge in [0.1, 0.15) is 5.82 Å². The maximum absolute atomic E-state index is 11.3. The first kappa shape index (κ1) is 12.7. The number of hydrogen-bond donors (Lipinski definition) is 2. The minimum absolute atomic E-state index is 0.0628. The van der Waals surface area contributed by atoms with Crippen molar-refractivity contribution >= 4 is 5.97 Å². The summed E-state index contributed by atoms with van der Waals surface area (Å²) in [7, 11) is 0. The fourth-order valence-electron chi connectivity index (χ4n) is 3.47. The van der Waals surface area contributed by atoms with Gasteiger partial charge in [0.05, 0.1) is 11.8 Å². The molecule has 1 atom stereocenters. The molecule has 1 saturated carbocycles. The Bertz CT molecular complexity index is 489. The van der Waals surface area contributed by atoms with E-state index in [0.717, 1.165) is 31.6 Å². The van der Waals surface area contributed by atoms with Crippen molar-refractivity contribution in [2.24, 2.45) is 0 Å². The van der Waals surface area contributed by atoms with Crippen LogP contribution in [0.3, 0.4) is 0 Å². The molecule has 0 saturated heterocycles. The van der Waals surface area contributed by atoms with Crippen molar-refractivity contribution in [3.63, 3.8) is 0 Å². The average Bonchev–Trinajstić information content (AvgIpc) is 2.81. The van der Waals surface area contributed by atoms with E-state index in [4.69, 9.17) is 0 Å². The van der Waals surface area contributed by atoms with Gasteiger partial charge in [0.2, 0.25) is 0 Å². The van der Waals surface area contributed by atoms with Gasteiger partial charge in [0.25, 0.3) is 0 Å². The lowest BCUT2D eigenvalue weighted by molar-refractivity contribution is 0.0677. The van der Waals surface area contributed by atoms with Gasteiger partial charge >= 0.3 is 5.97 Å². The van der Waals surface area contributed by atoms with Crippen LogP contribution in [-0.2, 0) is 6.54 Å². The van der Waals surface area contributed by atoms with Gasteiger partial charge in [-0.05, 0) is 25.7 Å². The molecule has 0 bridgehead atoms. The van der Waals surface area contributed by atoms with Gasteiger partial charge in [-0.25, -0.2) is 9.78 Å². The van der Waals surface area contributed by atoms with Gasteiger partial charge in [0, 0.05) is 12.5 Å². The molecule has 0 radical (unpaired) electrons. The number of carboxylic acids is 1. The molecule has 1 aromatic rings. The quantitative estimate of drug-likeness (QED) is 0.860. The highest BCUT2D eigenvalue weighted by Crippen LogP contribution is 2.37. The summed E-state index contributed by atoms with van der Waals surface area (Å²) < 4.78 is 1.98. The molecule has 5 nitrogen and oxygen atoms in total. The van der Waals surface area contributed by atoms with Crippen molar-refractivity contribution in [3.8, 4) is 0 Å². The number of fused-ring (bicyclic) bond motifs is 1. The van der Waals surface area contributed by atoms with Crippen LogP contribution >= 0.6 is 0 Å². The van der Waals surface area contributed by atoms with E-state index in [1.165, 1.54) is 19.3 Å². The maximum atomic E-state index is 11.3. The monoisotopic (exact) mass is 264 g/mol. The summed E-state index contributed by atoms with van der Waals surface area (Å²) >= 11 is 0. The molecule has 0 aromatic carbocycles. The van der Waals surface area contributed by atoms with E-state index in [-0.39, 0.29) is 5.69 Å². The van der Waals surface area contributed by atoms with E-state index in [9.17, 15) is 15.0 Å². The van der Waals surface area contributed by atoms with Gasteiger partial charge in [-0.1, -0.05) is 19.3 Å². The van der Waals surface area contributed by atoms with Gasteiger partial charge in [-0.3, -0.25) is 0 Å². The number of aromatic carboxylic acids is 1. The number of aromatic nitrogens is 2. The molecule has 2 aliphatic rings. The van der Waals surface area contributed by atoms with Crippen LogP contribution < -0.4 is 0 Å². The van der Waals surface area contributed by atoms with Crippen LogP contribution in [0, 0.1) is 0 Å². The second-order valence-corrected chi connectivity index (χ2v) is 5.65. The third kappa shape index (κ3) is 2.16. The standard InChI is InChI=1S/C14H20N2O3/c17-10-7-4-8-16-12(10)11(14(18)19)15-13(16)9-5-2-1-3-6-9/h9-10,17H,1-8H2,(H,18,19). The highest BCUT2D eigenvalue weighted by atomic mass is 16.4. The molecular weight excluding hydrogens is 244 g/mol. The molecule has 19 heavy (non-hydrogen) atoms. The largest absolute Gasteiger partial charge is 0.476 e. The predicted octanol–water partition coefficient (Wildman–Crippen LogP) is 2.46. The van der Waals surface area contributed by atoms with E-state index in [1.54, 1.807) is 0 Å². The van der Waals surface area contributed by atoms with Crippen LogP contribution in [0.1, 0.15) is 79.0 Å². The Morgan fingerprint density at radius 1 is 1.16 bits per heavy atom. The Labute approximate surface area is 112 Å². The Morgan fingerprint density at radius 2 is 1.89 bits per heavy atom. The SMILES string of the molecule is O=C(O)c1nc(C2CCCCC2)n2c1C(O)CCC2. The number of imidazole rings is 1. The topological polar surface area (TPSA) is 75.3 Å². The zero-order valence-corrected chi connectivity index (χ0v) is 11.0. The van der Waals surface area contributed by atoms with Gasteiger partial charge in [-0.2, -0.15) is 0 Å². The summed E-state index contributed by atoms with van der Waals surface area (Å²) in [5, 5.41) is 19.4. The summed E-state index contributed by atoms with van der Waals surface area (Å²) in [6.07, 6.45) is 6.68. The van der Waals surface area contributed by atoms with Crippen molar-refractivity contribution in [1.82, 2.24) is 9.55 Å². The molecule has 1 fully saturated rings. The third-order valence-corrected chi connectivity index (χ3v) is 4.38. The Morgan fingerprint density at radius 3 is 2.58 bits per heavy atom. The first-order chi connectivity index (χ1) is 9.18. The van der Waals surface area contributed by atoms with Crippen molar-refractivity contribution in [2.75, 3.05) is 0 Å². The predicted molar refractivity (Wildman–Crippen MR) is 69.2 cm³/mol. The molecule has 1 aromatic heterocycles. The van der Waals surface area contributed by atoms with Crippen molar-refractivity contribution in [3.05, 3.63) is 17.2 Å². The van der Waals surface area contributed by atoms with Crippen LogP contribution in [0.5, 0.6) is 0 Å². The molecule has 0 spiro atoms. The number of aliphatic hydroxyl groups is 1. The highest BCUT2D eigenvalue weighted by molar-refractivity contribution is 5.87. The fraction of sp³-hybridized carbons (Fsp3) is 0.714. The molecule has 2 heterocycles. The van der Waals surface area contributed by atoms with Crippen LogP contribution in [0.25, 0.3) is 0 Å². The second kappa shape index (κ2) is 4.96. The number of rotatable bonds is 2. The lowest BCUT2D eigenvalue weighted by atomic mass is 9.88. The summed E-state index contributed by atoms with van der Waals surface area (Å²) in [4.78, 5) is 15.7. The molecule has 5 heteroatoms. The van der Waals surface area contributed by atoms with E-state index >= 15 is 0 Å². The van der Waals surface area contributed by atoms with E-state index < -0.39 is 12.1 Å². The number of carbonyl (C=O) groups is 1. The van der Waals surface area contributed by atoms with Crippen molar-refractivity contribution in [1.29, 1.82) is 0 Å². The Balaban J connectivity index is 2.04. The summed E-state index contributed by atoms with van der Waals surface area (Å²) in [5.41, 5.74) is 0.590. The highest BCUT2D eigenvalue weighted by Gasteiger charge is 2.32. The molecule has 104 valence electrons. The minimum Gasteiger partial charge on any atom is -0.476 e. The van der Waals surface area contributed by atoms with Crippen LogP contribution in [0.15, 0.2) is 0 Å². The van der Waals surface area contributed by atoms with E-state index in [1.807, 2.05) is 4.57 Å². The zero-order chi connectivity index (χ0) is 13.4. The number of carboxylic acid groups (broad SMARTS) is 1. The minimum atomic E-state index is -1.02. The van der Waals surface area contributed by atoms with Crippen molar-refractivity contribution < 1.29 is 15.0 Å². The molecule has 1 aliphatic carbocycles. The average molecular weight is 264 g/mol. The third-order valence-electron chi connectivity index (χ3n) is 4.38. The number of aliphatic hydroxyl groups excluding tert-OH is 1. The Kier molecular flexibility index (Phi) is 3.31. The summed E-state index contributed by atoms with van der Waals surface area (Å²) in [6.45, 7) is 0.790. The van der Waals surface area contributed by atoms with E-state index in [2.05, 4.69) is 4.98 Å². The normalized spacial score (nSPS) is 24.2. The first-order valence-corrected chi connectivity index (χ1v) is 7.20. The lowest BCUT2D eigenvalue weighted by Crippen LogP contribution is -2.20. The molecule has 3 rings (SSSR count). The fourth-order valence-corrected chi connectivity index (χ4v) is 3.47. The smallest absolute Gasteiger partial charge is 0.356 e. The van der Waals surface area contributed by atoms with Crippen molar-refractivity contribution in [2.45, 2.75) is 63.5 Å². The zero-order valence-electron chi connectivity index (χ0n) is 11.0. The van der Waals surface area contributed by atoms with Crippen LogP contribution in [0.4, 0.5) is 0 Å². The molecule has 0 amide bonds. The molecule has 1 unspecified atom stereocenters. The summed E-state index contributed by atoms with van der Waals surface area (Å²) in [5.74, 6) is 0.239. The summed E-state index contributed by atoms with van der Waals surface area (Å²) in [6, 6.07) is 0. The van der Waals surface area contributed by atoms with Crippen LogP contribution in [0.2, 0.25) is 0 Å². The second-order valence-electron chi connectivity index (χ2n) is 5.65. The van der Waals surface area contributed by atoms with Gasteiger partial charge in [-0.15, -0.1) is 0 Å². The number of hydrogen-bond acceptors (Lipinski definition) is 3. The molecule has 2 N–H and O–H groups in total. The number of nitrogens with zero attached hydrogens (tertiary/aromatic N) is 2. The molecular formula is C14H20N2O3. The van der Waals surface area contributed by atoms with Crippen LogP contribution in [-0.4, -0.2) is 25.7 Å². The first-order valence-electron chi connectivity index (χ1n) is 7.20. The maximum Gasteiger partial charge on any atom is 0.356 e.